The van der Waals surface area contributed by atoms with Crippen molar-refractivity contribution in [3.63, 3.8) is 0 Å². The molecule has 3 aromatic rings. The molecule has 0 saturated heterocycles. The molecule has 4 nitrogen and oxygen atoms in total. The molecule has 1 heterocycles. The van der Waals surface area contributed by atoms with Gasteiger partial charge in [-0.15, -0.1) is 0 Å². The summed E-state index contributed by atoms with van der Waals surface area (Å²) in [6.45, 7) is 4.62. The number of halogens is 1. The maximum absolute atomic E-state index is 12.2. The van der Waals surface area contributed by atoms with E-state index < -0.39 is 0 Å². The molecule has 1 aromatic heterocycles. The molecule has 2 aromatic carbocycles. The summed E-state index contributed by atoms with van der Waals surface area (Å²) in [4.78, 5) is 12.2. The van der Waals surface area contributed by atoms with Gasteiger partial charge in [0.25, 0.3) is 0 Å². The number of para-hydroxylation sites is 1. The topological polar surface area (TPSA) is 43.3 Å². The van der Waals surface area contributed by atoms with Crippen molar-refractivity contribution in [3.05, 3.63) is 64.3 Å². The highest BCUT2D eigenvalue weighted by molar-refractivity contribution is 6.31. The van der Waals surface area contributed by atoms with Gasteiger partial charge in [-0.2, -0.15) is 0 Å². The van der Waals surface area contributed by atoms with Gasteiger partial charge in [0, 0.05) is 39.1 Å². The third-order valence-electron chi connectivity index (χ3n) is 5.82. The lowest BCUT2D eigenvalue weighted by Crippen LogP contribution is -2.41. The first-order valence-corrected chi connectivity index (χ1v) is 10.6. The highest BCUT2D eigenvalue weighted by Gasteiger charge is 2.27. The van der Waals surface area contributed by atoms with Gasteiger partial charge in [0.15, 0.2) is 0 Å². The molecule has 1 N–H and O–H groups in total. The van der Waals surface area contributed by atoms with E-state index in [1.165, 1.54) is 22.2 Å². The maximum Gasteiger partial charge on any atom is 0.222 e. The zero-order chi connectivity index (χ0) is 20.5. The molecular formula is C24H27ClN2O2. The quantitative estimate of drug-likeness (QED) is 0.644. The van der Waals surface area contributed by atoms with Gasteiger partial charge >= 0.3 is 0 Å². The monoisotopic (exact) mass is 410 g/mol. The summed E-state index contributed by atoms with van der Waals surface area (Å²) in [5.74, 6) is 1.02. The van der Waals surface area contributed by atoms with Crippen molar-refractivity contribution in [2.75, 3.05) is 7.11 Å². The van der Waals surface area contributed by atoms with Gasteiger partial charge in [0.1, 0.15) is 5.75 Å². The molecular weight excluding hydrogens is 384 g/mol. The van der Waals surface area contributed by atoms with Crippen LogP contribution >= 0.6 is 11.6 Å². The molecule has 0 radical (unpaired) electrons. The van der Waals surface area contributed by atoms with E-state index in [0.717, 1.165) is 42.1 Å². The minimum absolute atomic E-state index is 0.00210. The molecule has 5 heteroatoms. The number of amides is 1. The fourth-order valence-electron chi connectivity index (χ4n) is 4.30. The SMILES string of the molecule is COc1ccccc1Cn1c2c(c3cc(Cl)ccc31)CC(NC(=O)C(C)C)CC2. The van der Waals surface area contributed by atoms with Crippen molar-refractivity contribution in [2.45, 2.75) is 45.7 Å². The van der Waals surface area contributed by atoms with Gasteiger partial charge in [0.2, 0.25) is 5.91 Å². The number of ether oxygens (including phenoxy) is 1. The third kappa shape index (κ3) is 3.86. The summed E-state index contributed by atoms with van der Waals surface area (Å²) in [6, 6.07) is 14.4. The Bertz CT molecular complexity index is 1050. The molecule has 0 spiro atoms. The Morgan fingerprint density at radius 1 is 1.28 bits per heavy atom. The smallest absolute Gasteiger partial charge is 0.222 e. The maximum atomic E-state index is 12.2. The Morgan fingerprint density at radius 3 is 2.83 bits per heavy atom. The Labute approximate surface area is 176 Å². The average molecular weight is 411 g/mol. The van der Waals surface area contributed by atoms with Crippen LogP contribution in [-0.4, -0.2) is 23.6 Å². The van der Waals surface area contributed by atoms with E-state index in [0.29, 0.717) is 0 Å². The van der Waals surface area contributed by atoms with Crippen LogP contribution < -0.4 is 10.1 Å². The third-order valence-corrected chi connectivity index (χ3v) is 6.06. The normalized spacial score (nSPS) is 16.1. The van der Waals surface area contributed by atoms with E-state index in [2.05, 4.69) is 28.1 Å². The van der Waals surface area contributed by atoms with Crippen molar-refractivity contribution in [3.8, 4) is 5.75 Å². The minimum atomic E-state index is -0.00210. The lowest BCUT2D eigenvalue weighted by molar-refractivity contribution is -0.124. The van der Waals surface area contributed by atoms with Crippen LogP contribution in [0.4, 0.5) is 0 Å². The second-order valence-corrected chi connectivity index (χ2v) is 8.52. The van der Waals surface area contributed by atoms with Crippen molar-refractivity contribution < 1.29 is 9.53 Å². The number of hydrogen-bond donors (Lipinski definition) is 1. The number of carbonyl (C=O) groups is 1. The van der Waals surface area contributed by atoms with E-state index in [1.54, 1.807) is 7.11 Å². The predicted molar refractivity (Wildman–Crippen MR) is 118 cm³/mol. The van der Waals surface area contributed by atoms with E-state index in [-0.39, 0.29) is 17.9 Å². The molecule has 29 heavy (non-hydrogen) atoms. The van der Waals surface area contributed by atoms with Crippen molar-refractivity contribution >= 4 is 28.4 Å². The van der Waals surface area contributed by atoms with Crippen LogP contribution in [0.2, 0.25) is 5.02 Å². The molecule has 1 aliphatic carbocycles. The second kappa shape index (κ2) is 8.11. The summed E-state index contributed by atoms with van der Waals surface area (Å²) in [5.41, 5.74) is 4.97. The first-order valence-electron chi connectivity index (χ1n) is 10.2. The van der Waals surface area contributed by atoms with E-state index >= 15 is 0 Å². The summed E-state index contributed by atoms with van der Waals surface area (Å²) in [5, 5.41) is 5.14. The van der Waals surface area contributed by atoms with E-state index in [1.807, 2.05) is 38.1 Å². The van der Waals surface area contributed by atoms with Crippen molar-refractivity contribution in [2.24, 2.45) is 5.92 Å². The molecule has 1 atom stereocenters. The summed E-state index contributed by atoms with van der Waals surface area (Å²) < 4.78 is 7.96. The highest BCUT2D eigenvalue weighted by atomic mass is 35.5. The molecule has 4 rings (SSSR count). The predicted octanol–water partition coefficient (Wildman–Crippen LogP) is 4.98. The van der Waals surface area contributed by atoms with Gasteiger partial charge in [-0.1, -0.05) is 43.6 Å². The molecule has 1 aliphatic rings. The largest absolute Gasteiger partial charge is 0.496 e. The molecule has 0 bridgehead atoms. The van der Waals surface area contributed by atoms with Gasteiger partial charge in [-0.05, 0) is 49.1 Å². The number of fused-ring (bicyclic) bond motifs is 3. The van der Waals surface area contributed by atoms with E-state index in [9.17, 15) is 4.79 Å². The first-order chi connectivity index (χ1) is 14.0. The minimum Gasteiger partial charge on any atom is -0.496 e. The zero-order valence-electron chi connectivity index (χ0n) is 17.2. The van der Waals surface area contributed by atoms with Crippen LogP contribution in [0.25, 0.3) is 10.9 Å². The average Bonchev–Trinajstić information content (AvgIpc) is 3.00. The number of carbonyl (C=O) groups excluding carboxylic acids is 1. The van der Waals surface area contributed by atoms with E-state index in [4.69, 9.17) is 16.3 Å². The Kier molecular flexibility index (Phi) is 5.55. The standard InChI is InChI=1S/C24H27ClN2O2/c1-15(2)24(28)26-18-9-11-22-20(13-18)19-12-17(25)8-10-21(19)27(22)14-16-6-4-5-7-23(16)29-3/h4-8,10,12,15,18H,9,11,13-14H2,1-3H3,(H,26,28). The Hall–Kier alpha value is -2.46. The Balaban J connectivity index is 1.75. The molecule has 1 unspecified atom stereocenters. The lowest BCUT2D eigenvalue weighted by atomic mass is 9.91. The number of nitrogens with zero attached hydrogens (tertiary/aromatic N) is 1. The first kappa shape index (κ1) is 19.8. The number of methoxy groups -OCH3 is 1. The van der Waals surface area contributed by atoms with Crippen LogP contribution in [-0.2, 0) is 24.2 Å². The summed E-state index contributed by atoms with van der Waals surface area (Å²) in [6.07, 6.45) is 2.71. The van der Waals surface area contributed by atoms with Crippen LogP contribution in [0.15, 0.2) is 42.5 Å². The fraction of sp³-hybridized carbons (Fsp3) is 0.375. The number of aromatic nitrogens is 1. The summed E-state index contributed by atoms with van der Waals surface area (Å²) >= 11 is 6.34. The molecule has 152 valence electrons. The molecule has 0 fully saturated rings. The fourth-order valence-corrected chi connectivity index (χ4v) is 4.47. The number of rotatable bonds is 5. The van der Waals surface area contributed by atoms with Gasteiger partial charge < -0.3 is 14.6 Å². The molecule has 0 aliphatic heterocycles. The van der Waals surface area contributed by atoms with Crippen LogP contribution in [0, 0.1) is 5.92 Å². The van der Waals surface area contributed by atoms with Crippen LogP contribution in [0.1, 0.15) is 37.1 Å². The van der Waals surface area contributed by atoms with Gasteiger partial charge in [0.05, 0.1) is 13.7 Å². The van der Waals surface area contributed by atoms with Crippen molar-refractivity contribution in [1.82, 2.24) is 9.88 Å². The van der Waals surface area contributed by atoms with Crippen LogP contribution in [0.3, 0.4) is 0 Å². The number of hydrogen-bond acceptors (Lipinski definition) is 2. The van der Waals surface area contributed by atoms with Crippen LogP contribution in [0.5, 0.6) is 5.75 Å². The molecule has 1 amide bonds. The number of nitrogens with one attached hydrogen (secondary N) is 1. The zero-order valence-corrected chi connectivity index (χ0v) is 17.9. The Morgan fingerprint density at radius 2 is 2.07 bits per heavy atom. The molecule has 0 saturated carbocycles. The van der Waals surface area contributed by atoms with Crippen molar-refractivity contribution in [1.29, 1.82) is 0 Å². The second-order valence-electron chi connectivity index (χ2n) is 8.09. The van der Waals surface area contributed by atoms with Gasteiger partial charge in [-0.3, -0.25) is 4.79 Å². The lowest BCUT2D eigenvalue weighted by Gasteiger charge is -2.26. The van der Waals surface area contributed by atoms with Gasteiger partial charge in [-0.25, -0.2) is 0 Å². The number of benzene rings is 2. The highest BCUT2D eigenvalue weighted by Crippen LogP contribution is 2.35. The summed E-state index contributed by atoms with van der Waals surface area (Å²) in [7, 11) is 1.71.